The van der Waals surface area contributed by atoms with Crippen molar-refractivity contribution in [2.45, 2.75) is 50.4 Å². The highest BCUT2D eigenvalue weighted by Gasteiger charge is 2.44. The van der Waals surface area contributed by atoms with Crippen molar-refractivity contribution in [2.75, 3.05) is 19.7 Å². The van der Waals surface area contributed by atoms with Crippen LogP contribution < -0.4 is 0 Å². The molecule has 0 aliphatic carbocycles. The van der Waals surface area contributed by atoms with Crippen LogP contribution in [0.2, 0.25) is 0 Å². The minimum absolute atomic E-state index is 0.122. The normalized spacial score (nSPS) is 28.4. The fourth-order valence-corrected chi connectivity index (χ4v) is 3.70. The molecule has 1 aromatic carbocycles. The van der Waals surface area contributed by atoms with E-state index in [1.165, 1.54) is 5.56 Å². The van der Waals surface area contributed by atoms with Gasteiger partial charge in [0.2, 0.25) is 0 Å². The van der Waals surface area contributed by atoms with Crippen molar-refractivity contribution in [3.05, 3.63) is 35.4 Å². The molecule has 118 valence electrons. The minimum Gasteiger partial charge on any atom is -0.390 e. The number of likely N-dealkylation sites (tertiary alicyclic amines) is 1. The van der Waals surface area contributed by atoms with Gasteiger partial charge in [0.25, 0.3) is 0 Å². The molecule has 2 aliphatic rings. The molecule has 1 aromatic rings. The molecule has 2 fully saturated rings. The Morgan fingerprint density at radius 1 is 1.23 bits per heavy atom. The Balaban J connectivity index is 1.56. The van der Waals surface area contributed by atoms with E-state index >= 15 is 0 Å². The first-order valence-corrected chi connectivity index (χ1v) is 8.08. The highest BCUT2D eigenvalue weighted by Crippen LogP contribution is 2.39. The standard InChI is InChI=1S/C18H24N2O2/c1-17(21)8-11-22-18(14-17)6-9-20(10-7-18)13-16-4-2-15(12-19)3-5-16/h2-5,21H,6-11,13-14H2,1H3. The molecule has 2 heterocycles. The van der Waals surface area contributed by atoms with E-state index < -0.39 is 5.60 Å². The molecule has 4 heteroatoms. The van der Waals surface area contributed by atoms with Crippen LogP contribution in [0.3, 0.4) is 0 Å². The van der Waals surface area contributed by atoms with Crippen LogP contribution in [-0.2, 0) is 11.3 Å². The molecule has 0 saturated carbocycles. The Morgan fingerprint density at radius 3 is 2.50 bits per heavy atom. The Morgan fingerprint density at radius 2 is 1.91 bits per heavy atom. The van der Waals surface area contributed by atoms with Gasteiger partial charge in [-0.3, -0.25) is 4.90 Å². The summed E-state index contributed by atoms with van der Waals surface area (Å²) >= 11 is 0. The topological polar surface area (TPSA) is 56.5 Å². The zero-order valence-corrected chi connectivity index (χ0v) is 13.2. The summed E-state index contributed by atoms with van der Waals surface area (Å²) in [6, 6.07) is 9.97. The third-order valence-electron chi connectivity index (χ3n) is 5.01. The van der Waals surface area contributed by atoms with Gasteiger partial charge in [0.05, 0.1) is 29.4 Å². The Kier molecular flexibility index (Phi) is 4.22. The first kappa shape index (κ1) is 15.5. The fourth-order valence-electron chi connectivity index (χ4n) is 3.70. The van der Waals surface area contributed by atoms with Crippen molar-refractivity contribution >= 4 is 0 Å². The Labute approximate surface area is 132 Å². The second kappa shape index (κ2) is 6.00. The lowest BCUT2D eigenvalue weighted by molar-refractivity contribution is -0.173. The minimum atomic E-state index is -0.576. The van der Waals surface area contributed by atoms with Crippen molar-refractivity contribution in [3.63, 3.8) is 0 Å². The summed E-state index contributed by atoms with van der Waals surface area (Å²) in [6.07, 6.45) is 3.47. The van der Waals surface area contributed by atoms with Gasteiger partial charge in [-0.1, -0.05) is 12.1 Å². The zero-order valence-electron chi connectivity index (χ0n) is 13.2. The monoisotopic (exact) mass is 300 g/mol. The lowest BCUT2D eigenvalue weighted by atomic mass is 9.78. The predicted molar refractivity (Wildman–Crippen MR) is 84.2 cm³/mol. The van der Waals surface area contributed by atoms with Gasteiger partial charge in [-0.05, 0) is 43.9 Å². The van der Waals surface area contributed by atoms with Gasteiger partial charge in [0, 0.05) is 26.1 Å². The molecule has 1 unspecified atom stereocenters. The largest absolute Gasteiger partial charge is 0.390 e. The number of hydrogen-bond acceptors (Lipinski definition) is 4. The van der Waals surface area contributed by atoms with Crippen molar-refractivity contribution in [1.29, 1.82) is 5.26 Å². The van der Waals surface area contributed by atoms with Gasteiger partial charge in [-0.25, -0.2) is 0 Å². The van der Waals surface area contributed by atoms with Crippen molar-refractivity contribution in [1.82, 2.24) is 4.90 Å². The molecule has 0 amide bonds. The average molecular weight is 300 g/mol. The van der Waals surface area contributed by atoms with Gasteiger partial charge >= 0.3 is 0 Å². The Hall–Kier alpha value is -1.41. The molecule has 3 rings (SSSR count). The third-order valence-corrected chi connectivity index (χ3v) is 5.01. The van der Waals surface area contributed by atoms with E-state index in [1.54, 1.807) is 0 Å². The highest BCUT2D eigenvalue weighted by atomic mass is 16.5. The summed E-state index contributed by atoms with van der Waals surface area (Å²) in [4.78, 5) is 2.43. The van der Waals surface area contributed by atoms with Crippen molar-refractivity contribution in [3.8, 4) is 6.07 Å². The SMILES string of the molecule is CC1(O)CCOC2(CCN(Cc3ccc(C#N)cc3)CC2)C1. The molecule has 2 saturated heterocycles. The molecule has 1 spiro atoms. The maximum Gasteiger partial charge on any atom is 0.0991 e. The van der Waals surface area contributed by atoms with E-state index in [0.29, 0.717) is 12.2 Å². The van der Waals surface area contributed by atoms with E-state index in [2.05, 4.69) is 11.0 Å². The first-order valence-electron chi connectivity index (χ1n) is 8.08. The number of nitriles is 1. The molecule has 2 aliphatic heterocycles. The number of benzene rings is 1. The van der Waals surface area contributed by atoms with Gasteiger partial charge in [-0.15, -0.1) is 0 Å². The van der Waals surface area contributed by atoms with Crippen molar-refractivity contribution in [2.24, 2.45) is 0 Å². The van der Waals surface area contributed by atoms with E-state index in [-0.39, 0.29) is 5.60 Å². The van der Waals surface area contributed by atoms with Gasteiger partial charge in [0.1, 0.15) is 0 Å². The van der Waals surface area contributed by atoms with E-state index in [9.17, 15) is 5.11 Å². The Bertz CT molecular complexity index is 551. The molecule has 22 heavy (non-hydrogen) atoms. The second-order valence-electron chi connectivity index (χ2n) is 7.04. The summed E-state index contributed by atoms with van der Waals surface area (Å²) in [5, 5.41) is 19.2. The highest BCUT2D eigenvalue weighted by molar-refractivity contribution is 5.31. The maximum atomic E-state index is 10.3. The van der Waals surface area contributed by atoms with E-state index in [4.69, 9.17) is 10.00 Å². The maximum absolute atomic E-state index is 10.3. The van der Waals surface area contributed by atoms with Crippen LogP contribution in [0, 0.1) is 11.3 Å². The number of hydrogen-bond donors (Lipinski definition) is 1. The first-order chi connectivity index (χ1) is 10.5. The number of rotatable bonds is 2. The molecule has 4 nitrogen and oxygen atoms in total. The van der Waals surface area contributed by atoms with Crippen LogP contribution in [0.25, 0.3) is 0 Å². The second-order valence-corrected chi connectivity index (χ2v) is 7.04. The summed E-state index contributed by atoms with van der Waals surface area (Å²) in [7, 11) is 0. The zero-order chi connectivity index (χ0) is 15.6. The molecule has 1 N–H and O–H groups in total. The number of piperidine rings is 1. The van der Waals surface area contributed by atoms with E-state index in [1.807, 2.05) is 31.2 Å². The predicted octanol–water partition coefficient (Wildman–Crippen LogP) is 2.45. The van der Waals surface area contributed by atoms with Crippen LogP contribution >= 0.6 is 0 Å². The third kappa shape index (κ3) is 3.49. The summed E-state index contributed by atoms with van der Waals surface area (Å²) in [6.45, 7) is 5.51. The quantitative estimate of drug-likeness (QED) is 0.911. The van der Waals surface area contributed by atoms with E-state index in [0.717, 1.165) is 45.3 Å². The average Bonchev–Trinajstić information content (AvgIpc) is 2.50. The fraction of sp³-hybridized carbons (Fsp3) is 0.611. The smallest absolute Gasteiger partial charge is 0.0991 e. The van der Waals surface area contributed by atoms with Gasteiger partial charge in [-0.2, -0.15) is 5.26 Å². The van der Waals surface area contributed by atoms with Crippen LogP contribution in [-0.4, -0.2) is 40.9 Å². The van der Waals surface area contributed by atoms with Crippen molar-refractivity contribution < 1.29 is 9.84 Å². The lowest BCUT2D eigenvalue weighted by Gasteiger charge is -2.48. The molecular weight excluding hydrogens is 276 g/mol. The summed E-state index contributed by atoms with van der Waals surface area (Å²) in [5.41, 5.74) is 1.25. The number of aliphatic hydroxyl groups is 1. The van der Waals surface area contributed by atoms with Crippen LogP contribution in [0.5, 0.6) is 0 Å². The molecule has 1 atom stereocenters. The van der Waals surface area contributed by atoms with Crippen LogP contribution in [0.4, 0.5) is 0 Å². The van der Waals surface area contributed by atoms with Gasteiger partial charge < -0.3 is 9.84 Å². The van der Waals surface area contributed by atoms with Crippen LogP contribution in [0.1, 0.15) is 43.7 Å². The summed E-state index contributed by atoms with van der Waals surface area (Å²) < 4.78 is 6.05. The lowest BCUT2D eigenvalue weighted by Crippen LogP contribution is -2.53. The van der Waals surface area contributed by atoms with Gasteiger partial charge in [0.15, 0.2) is 0 Å². The summed E-state index contributed by atoms with van der Waals surface area (Å²) in [5.74, 6) is 0. The number of ether oxygens (including phenoxy) is 1. The molecule has 0 aromatic heterocycles. The molecule has 0 bridgehead atoms. The number of nitrogens with zero attached hydrogens (tertiary/aromatic N) is 2. The molecule has 0 radical (unpaired) electrons. The van der Waals surface area contributed by atoms with Crippen LogP contribution in [0.15, 0.2) is 24.3 Å². The molecular formula is C18H24N2O2.